The highest BCUT2D eigenvalue weighted by atomic mass is 35.5. The van der Waals surface area contributed by atoms with E-state index in [1.165, 1.54) is 37.3 Å². The molecular formula is C15H13ClF2N2O. The molecule has 2 aromatic carbocycles. The molecule has 0 bridgehead atoms. The molecule has 0 fully saturated rings. The van der Waals surface area contributed by atoms with Crippen molar-refractivity contribution in [3.05, 3.63) is 63.7 Å². The number of nitrogens with one attached hydrogen (secondary N) is 1. The smallest absolute Gasteiger partial charge is 0.254 e. The predicted molar refractivity (Wildman–Crippen MR) is 78.1 cm³/mol. The molecule has 0 aliphatic heterocycles. The van der Waals surface area contributed by atoms with Crippen LogP contribution >= 0.6 is 11.6 Å². The molecule has 3 nitrogen and oxygen atoms in total. The van der Waals surface area contributed by atoms with Crippen molar-refractivity contribution >= 4 is 23.2 Å². The monoisotopic (exact) mass is 310 g/mol. The van der Waals surface area contributed by atoms with Gasteiger partial charge >= 0.3 is 0 Å². The number of carbonyl (C=O) groups is 1. The summed E-state index contributed by atoms with van der Waals surface area (Å²) in [6.45, 7) is 1.63. The van der Waals surface area contributed by atoms with Gasteiger partial charge in [0.15, 0.2) is 0 Å². The van der Waals surface area contributed by atoms with Gasteiger partial charge in [-0.05, 0) is 42.3 Å². The van der Waals surface area contributed by atoms with Crippen LogP contribution in [0, 0.1) is 18.6 Å². The second-order valence-electron chi connectivity index (χ2n) is 4.63. The Labute approximate surface area is 125 Å². The van der Waals surface area contributed by atoms with Crippen molar-refractivity contribution in [1.29, 1.82) is 0 Å². The van der Waals surface area contributed by atoms with Crippen molar-refractivity contribution in [2.75, 3.05) is 5.73 Å². The summed E-state index contributed by atoms with van der Waals surface area (Å²) >= 11 is 5.65. The molecule has 6 heteroatoms. The summed E-state index contributed by atoms with van der Waals surface area (Å²) in [4.78, 5) is 12.0. The highest BCUT2D eigenvalue weighted by Gasteiger charge is 2.14. The lowest BCUT2D eigenvalue weighted by Crippen LogP contribution is -2.24. The molecule has 2 aromatic rings. The molecular weight excluding hydrogens is 298 g/mol. The maximum absolute atomic E-state index is 13.9. The Morgan fingerprint density at radius 1 is 1.29 bits per heavy atom. The lowest BCUT2D eigenvalue weighted by atomic mass is 10.1. The first kappa shape index (κ1) is 15.3. The van der Waals surface area contributed by atoms with Crippen LogP contribution in [-0.4, -0.2) is 5.91 Å². The minimum Gasteiger partial charge on any atom is -0.399 e. The number of halogens is 3. The first-order chi connectivity index (χ1) is 9.88. The lowest BCUT2D eigenvalue weighted by molar-refractivity contribution is 0.0946. The standard InChI is InChI=1S/C15H13ClF2N2O/c1-8-4-10(19)6-11(14(8)18)15(21)20-7-9-2-3-13(17)12(16)5-9/h2-6H,7,19H2,1H3,(H,20,21). The Hall–Kier alpha value is -2.14. The molecule has 0 aliphatic rings. The van der Waals surface area contributed by atoms with Gasteiger partial charge in [-0.1, -0.05) is 17.7 Å². The van der Waals surface area contributed by atoms with E-state index in [0.717, 1.165) is 0 Å². The Morgan fingerprint density at radius 3 is 2.67 bits per heavy atom. The highest BCUT2D eigenvalue weighted by Crippen LogP contribution is 2.18. The fraction of sp³-hybridized carbons (Fsp3) is 0.133. The first-order valence-corrected chi connectivity index (χ1v) is 6.54. The molecule has 0 saturated carbocycles. The van der Waals surface area contributed by atoms with Gasteiger partial charge in [0.25, 0.3) is 5.91 Å². The van der Waals surface area contributed by atoms with Gasteiger partial charge < -0.3 is 11.1 Å². The third kappa shape index (κ3) is 3.49. The van der Waals surface area contributed by atoms with Gasteiger partial charge in [-0.2, -0.15) is 0 Å². The molecule has 0 radical (unpaired) electrons. The summed E-state index contributed by atoms with van der Waals surface area (Å²) in [7, 11) is 0. The zero-order valence-electron chi connectivity index (χ0n) is 11.2. The van der Waals surface area contributed by atoms with Crippen LogP contribution in [-0.2, 0) is 6.54 Å². The Morgan fingerprint density at radius 2 is 2.00 bits per heavy atom. The van der Waals surface area contributed by atoms with Gasteiger partial charge in [0.1, 0.15) is 11.6 Å². The molecule has 0 unspecified atom stereocenters. The number of rotatable bonds is 3. The fourth-order valence-corrected chi connectivity index (χ4v) is 2.09. The SMILES string of the molecule is Cc1cc(N)cc(C(=O)NCc2ccc(F)c(Cl)c2)c1F. The number of aryl methyl sites for hydroxylation is 1. The van der Waals surface area contributed by atoms with E-state index in [9.17, 15) is 13.6 Å². The summed E-state index contributed by atoms with van der Waals surface area (Å²) in [5.41, 5.74) is 6.69. The van der Waals surface area contributed by atoms with Crippen LogP contribution in [0.1, 0.15) is 21.5 Å². The van der Waals surface area contributed by atoms with E-state index in [1.807, 2.05) is 0 Å². The average molecular weight is 311 g/mol. The fourth-order valence-electron chi connectivity index (χ4n) is 1.89. The molecule has 0 saturated heterocycles. The zero-order chi connectivity index (χ0) is 15.6. The maximum Gasteiger partial charge on any atom is 0.254 e. The van der Waals surface area contributed by atoms with Gasteiger partial charge in [-0.3, -0.25) is 4.79 Å². The Bertz CT molecular complexity index is 704. The van der Waals surface area contributed by atoms with Gasteiger partial charge in [0, 0.05) is 12.2 Å². The van der Waals surface area contributed by atoms with Gasteiger partial charge in [0.2, 0.25) is 0 Å². The van der Waals surface area contributed by atoms with E-state index in [4.69, 9.17) is 17.3 Å². The van der Waals surface area contributed by atoms with Crippen LogP contribution in [0.15, 0.2) is 30.3 Å². The van der Waals surface area contributed by atoms with Crippen LogP contribution in [0.4, 0.5) is 14.5 Å². The number of anilines is 1. The van der Waals surface area contributed by atoms with Crippen molar-refractivity contribution in [3.8, 4) is 0 Å². The summed E-state index contributed by atoms with van der Waals surface area (Å²) in [6, 6.07) is 6.82. The Balaban J connectivity index is 2.13. The van der Waals surface area contributed by atoms with Crippen molar-refractivity contribution < 1.29 is 13.6 Å². The number of hydrogen-bond donors (Lipinski definition) is 2. The maximum atomic E-state index is 13.9. The minimum absolute atomic E-state index is 0.0345. The van der Waals surface area contributed by atoms with Crippen molar-refractivity contribution in [2.24, 2.45) is 0 Å². The molecule has 0 heterocycles. The van der Waals surface area contributed by atoms with E-state index in [-0.39, 0.29) is 17.1 Å². The summed E-state index contributed by atoms with van der Waals surface area (Å²) in [6.07, 6.45) is 0. The second kappa shape index (κ2) is 6.10. The number of carbonyl (C=O) groups excluding carboxylic acids is 1. The van der Waals surface area contributed by atoms with Gasteiger partial charge in [-0.25, -0.2) is 8.78 Å². The molecule has 0 aromatic heterocycles. The van der Waals surface area contributed by atoms with Crippen molar-refractivity contribution in [3.63, 3.8) is 0 Å². The average Bonchev–Trinajstić information content (AvgIpc) is 2.43. The zero-order valence-corrected chi connectivity index (χ0v) is 12.0. The number of amides is 1. The van der Waals surface area contributed by atoms with Crippen LogP contribution in [0.25, 0.3) is 0 Å². The van der Waals surface area contributed by atoms with Crippen LogP contribution < -0.4 is 11.1 Å². The molecule has 3 N–H and O–H groups in total. The number of nitrogen functional groups attached to an aromatic ring is 1. The number of hydrogen-bond acceptors (Lipinski definition) is 2. The second-order valence-corrected chi connectivity index (χ2v) is 5.04. The summed E-state index contributed by atoms with van der Waals surface area (Å²) < 4.78 is 26.9. The van der Waals surface area contributed by atoms with Crippen LogP contribution in [0.3, 0.4) is 0 Å². The van der Waals surface area contributed by atoms with Gasteiger partial charge in [-0.15, -0.1) is 0 Å². The van der Waals surface area contributed by atoms with E-state index in [0.29, 0.717) is 16.8 Å². The van der Waals surface area contributed by atoms with E-state index in [2.05, 4.69) is 5.32 Å². The van der Waals surface area contributed by atoms with Crippen molar-refractivity contribution in [1.82, 2.24) is 5.32 Å². The van der Waals surface area contributed by atoms with Gasteiger partial charge in [0.05, 0.1) is 10.6 Å². The minimum atomic E-state index is -0.612. The quantitative estimate of drug-likeness (QED) is 0.853. The Kier molecular flexibility index (Phi) is 4.43. The normalized spacial score (nSPS) is 10.5. The molecule has 0 atom stereocenters. The van der Waals surface area contributed by atoms with E-state index >= 15 is 0 Å². The molecule has 21 heavy (non-hydrogen) atoms. The highest BCUT2D eigenvalue weighted by molar-refractivity contribution is 6.30. The largest absolute Gasteiger partial charge is 0.399 e. The topological polar surface area (TPSA) is 55.1 Å². The number of nitrogens with two attached hydrogens (primary N) is 1. The third-order valence-corrected chi connectivity index (χ3v) is 3.25. The predicted octanol–water partition coefficient (Wildman–Crippen LogP) is 3.44. The molecule has 0 spiro atoms. The van der Waals surface area contributed by atoms with Crippen molar-refractivity contribution in [2.45, 2.75) is 13.5 Å². The van der Waals surface area contributed by atoms with E-state index in [1.54, 1.807) is 0 Å². The summed E-state index contributed by atoms with van der Waals surface area (Å²) in [5.74, 6) is -1.74. The lowest BCUT2D eigenvalue weighted by Gasteiger charge is -2.09. The number of benzene rings is 2. The molecule has 2 rings (SSSR count). The van der Waals surface area contributed by atoms with Crippen LogP contribution in [0.5, 0.6) is 0 Å². The molecule has 110 valence electrons. The van der Waals surface area contributed by atoms with E-state index < -0.39 is 17.5 Å². The first-order valence-electron chi connectivity index (χ1n) is 6.16. The summed E-state index contributed by atoms with van der Waals surface area (Å²) in [5, 5.41) is 2.51. The third-order valence-electron chi connectivity index (χ3n) is 2.96. The van der Waals surface area contributed by atoms with Crippen LogP contribution in [0.2, 0.25) is 5.02 Å². The molecule has 0 aliphatic carbocycles. The molecule has 1 amide bonds.